The Balaban J connectivity index is 0.00000341. The lowest BCUT2D eigenvalue weighted by Crippen LogP contribution is -2.51. The lowest BCUT2D eigenvalue weighted by Gasteiger charge is -2.34. The predicted octanol–water partition coefficient (Wildman–Crippen LogP) is 2.79. The lowest BCUT2D eigenvalue weighted by atomic mass is 10.1. The first-order chi connectivity index (χ1) is 14.7. The van der Waals surface area contributed by atoms with E-state index >= 15 is 0 Å². The van der Waals surface area contributed by atoms with Crippen LogP contribution in [-0.4, -0.2) is 61.7 Å². The summed E-state index contributed by atoms with van der Waals surface area (Å²) < 4.78 is 13.0. The zero-order chi connectivity index (χ0) is 21.2. The van der Waals surface area contributed by atoms with Crippen LogP contribution in [0.2, 0.25) is 0 Å². The molecule has 1 aliphatic rings. The zero-order valence-electron chi connectivity index (χ0n) is 18.7. The second-order valence-electron chi connectivity index (χ2n) is 7.43. The molecule has 1 aromatic heterocycles. The van der Waals surface area contributed by atoms with Crippen molar-refractivity contribution in [3.8, 4) is 5.75 Å². The number of halogens is 1. The Morgan fingerprint density at radius 2 is 2.16 bits per heavy atom. The van der Waals surface area contributed by atoms with Crippen LogP contribution in [0.25, 0.3) is 0 Å². The fourth-order valence-corrected chi connectivity index (χ4v) is 3.64. The Morgan fingerprint density at radius 3 is 2.90 bits per heavy atom. The van der Waals surface area contributed by atoms with Gasteiger partial charge in [0, 0.05) is 44.5 Å². The number of aliphatic imine (C=N–C) groups is 1. The van der Waals surface area contributed by atoms with Crippen molar-refractivity contribution in [2.75, 3.05) is 44.8 Å². The quantitative estimate of drug-likeness (QED) is 0.220. The van der Waals surface area contributed by atoms with Crippen LogP contribution in [0.15, 0.2) is 41.7 Å². The van der Waals surface area contributed by atoms with Gasteiger partial charge in [-0.2, -0.15) is 5.10 Å². The molecule has 9 heteroatoms. The number of aromatic nitrogens is 2. The number of para-hydroxylation sites is 1. The molecule has 2 heterocycles. The van der Waals surface area contributed by atoms with Gasteiger partial charge in [0.25, 0.3) is 0 Å². The van der Waals surface area contributed by atoms with Gasteiger partial charge in [-0.15, -0.1) is 24.0 Å². The van der Waals surface area contributed by atoms with Crippen LogP contribution in [0.1, 0.15) is 25.3 Å². The first-order valence-electron chi connectivity index (χ1n) is 10.7. The van der Waals surface area contributed by atoms with Gasteiger partial charge in [-0.25, -0.2) is 0 Å². The molecule has 1 unspecified atom stereocenters. The number of piperidine rings is 1. The highest BCUT2D eigenvalue weighted by molar-refractivity contribution is 14.0. The molecule has 1 aliphatic heterocycles. The third-order valence-electron chi connectivity index (χ3n) is 5.12. The van der Waals surface area contributed by atoms with Crippen LogP contribution in [0.5, 0.6) is 5.75 Å². The number of methoxy groups -OCH3 is 1. The molecule has 1 aromatic carbocycles. The molecule has 8 nitrogen and oxygen atoms in total. The van der Waals surface area contributed by atoms with E-state index in [2.05, 4.69) is 38.7 Å². The number of hydrogen-bond acceptors (Lipinski definition) is 5. The Labute approximate surface area is 202 Å². The minimum absolute atomic E-state index is 0. The molecule has 0 radical (unpaired) electrons. The average Bonchev–Trinajstić information content (AvgIpc) is 3.20. The van der Waals surface area contributed by atoms with Gasteiger partial charge in [0.2, 0.25) is 0 Å². The number of nitrogens with zero attached hydrogens (tertiary/aromatic N) is 4. The molecule has 0 amide bonds. The third kappa shape index (κ3) is 7.88. The first kappa shape index (κ1) is 25.3. The van der Waals surface area contributed by atoms with Crippen LogP contribution >= 0.6 is 24.0 Å². The van der Waals surface area contributed by atoms with E-state index in [0.29, 0.717) is 25.8 Å². The van der Waals surface area contributed by atoms with Crippen LogP contribution in [0.3, 0.4) is 0 Å². The molecule has 0 bridgehead atoms. The van der Waals surface area contributed by atoms with E-state index in [9.17, 15) is 0 Å². The van der Waals surface area contributed by atoms with Crippen molar-refractivity contribution in [3.05, 3.63) is 42.2 Å². The molecule has 0 spiro atoms. The molecule has 1 saturated heterocycles. The zero-order valence-corrected chi connectivity index (χ0v) is 21.0. The molecule has 2 aromatic rings. The van der Waals surface area contributed by atoms with Crippen LogP contribution in [0.4, 0.5) is 5.69 Å². The normalized spacial score (nSPS) is 16.5. The second kappa shape index (κ2) is 13.4. The summed E-state index contributed by atoms with van der Waals surface area (Å²) >= 11 is 0. The first-order valence-corrected chi connectivity index (χ1v) is 10.7. The molecule has 0 saturated carbocycles. The highest BCUT2D eigenvalue weighted by atomic mass is 127. The maximum Gasteiger partial charge on any atom is 0.191 e. The third-order valence-corrected chi connectivity index (χ3v) is 5.12. The fraction of sp³-hybridized carbons (Fsp3) is 0.545. The van der Waals surface area contributed by atoms with Crippen molar-refractivity contribution >= 4 is 35.6 Å². The number of rotatable bonds is 9. The standard InChI is InChI=1S/C22H34N6O2.HI/c1-4-23-22(24-11-13-30-17-18-8-5-6-10-21(18)29-3)26-19-9-7-12-28(15-19)20-14-25-27(2)16-20;/h5-6,8,10,14,16,19H,4,7,9,11-13,15,17H2,1-3H3,(H2,23,24,26);1H. The minimum atomic E-state index is 0. The van der Waals surface area contributed by atoms with Crippen molar-refractivity contribution in [1.82, 2.24) is 20.4 Å². The van der Waals surface area contributed by atoms with E-state index in [1.165, 1.54) is 5.69 Å². The van der Waals surface area contributed by atoms with Gasteiger partial charge in [-0.3, -0.25) is 9.67 Å². The highest BCUT2D eigenvalue weighted by Crippen LogP contribution is 2.19. The Morgan fingerprint density at radius 1 is 1.32 bits per heavy atom. The van der Waals surface area contributed by atoms with Crippen molar-refractivity contribution < 1.29 is 9.47 Å². The summed E-state index contributed by atoms with van der Waals surface area (Å²) in [5.74, 6) is 1.70. The number of hydrogen-bond donors (Lipinski definition) is 2. The molecular weight excluding hydrogens is 507 g/mol. The SMILES string of the molecule is CCNC(=NCCOCc1ccccc1OC)NC1CCCN(c2cnn(C)c2)C1.I. The number of guanidine groups is 1. The summed E-state index contributed by atoms with van der Waals surface area (Å²) in [4.78, 5) is 7.07. The minimum Gasteiger partial charge on any atom is -0.496 e. The van der Waals surface area contributed by atoms with Crippen molar-refractivity contribution in [1.29, 1.82) is 0 Å². The van der Waals surface area contributed by atoms with Gasteiger partial charge in [-0.1, -0.05) is 18.2 Å². The van der Waals surface area contributed by atoms with E-state index in [4.69, 9.17) is 9.47 Å². The van der Waals surface area contributed by atoms with Gasteiger partial charge in [0.1, 0.15) is 5.75 Å². The van der Waals surface area contributed by atoms with E-state index < -0.39 is 0 Å². The second-order valence-corrected chi connectivity index (χ2v) is 7.43. The molecule has 172 valence electrons. The maximum atomic E-state index is 5.80. The molecule has 1 fully saturated rings. The molecule has 1 atom stereocenters. The summed E-state index contributed by atoms with van der Waals surface area (Å²) in [6, 6.07) is 8.27. The Bertz CT molecular complexity index is 813. The number of benzene rings is 1. The highest BCUT2D eigenvalue weighted by Gasteiger charge is 2.21. The van der Waals surface area contributed by atoms with Crippen molar-refractivity contribution in [2.45, 2.75) is 32.4 Å². The number of anilines is 1. The summed E-state index contributed by atoms with van der Waals surface area (Å²) in [6.45, 7) is 6.59. The largest absolute Gasteiger partial charge is 0.496 e. The van der Waals surface area contributed by atoms with Crippen molar-refractivity contribution in [2.24, 2.45) is 12.0 Å². The fourth-order valence-electron chi connectivity index (χ4n) is 3.64. The average molecular weight is 542 g/mol. The van der Waals surface area contributed by atoms with Gasteiger partial charge in [0.15, 0.2) is 5.96 Å². The van der Waals surface area contributed by atoms with E-state index in [1.807, 2.05) is 42.2 Å². The summed E-state index contributed by atoms with van der Waals surface area (Å²) in [5.41, 5.74) is 2.22. The monoisotopic (exact) mass is 542 g/mol. The van der Waals surface area contributed by atoms with E-state index in [0.717, 1.165) is 49.7 Å². The molecule has 3 rings (SSSR count). The van der Waals surface area contributed by atoms with Gasteiger partial charge >= 0.3 is 0 Å². The number of aryl methyl sites for hydroxylation is 1. The summed E-state index contributed by atoms with van der Waals surface area (Å²) in [5, 5.41) is 11.2. The number of nitrogens with one attached hydrogen (secondary N) is 2. The Hall–Kier alpha value is -2.01. The van der Waals surface area contributed by atoms with Crippen molar-refractivity contribution in [3.63, 3.8) is 0 Å². The maximum absolute atomic E-state index is 5.80. The summed E-state index contributed by atoms with van der Waals surface area (Å²) in [7, 11) is 3.63. The molecule has 31 heavy (non-hydrogen) atoms. The van der Waals surface area contributed by atoms with Gasteiger partial charge < -0.3 is 25.0 Å². The summed E-state index contributed by atoms with van der Waals surface area (Å²) in [6.07, 6.45) is 6.28. The van der Waals surface area contributed by atoms with Crippen LogP contribution in [0, 0.1) is 0 Å². The molecular formula is C22H35IN6O2. The van der Waals surface area contributed by atoms with E-state index in [-0.39, 0.29) is 24.0 Å². The van der Waals surface area contributed by atoms with E-state index in [1.54, 1.807) is 7.11 Å². The molecule has 2 N–H and O–H groups in total. The topological polar surface area (TPSA) is 75.9 Å². The predicted molar refractivity (Wildman–Crippen MR) is 136 cm³/mol. The molecule has 0 aliphatic carbocycles. The van der Waals surface area contributed by atoms with Gasteiger partial charge in [-0.05, 0) is 25.8 Å². The van der Waals surface area contributed by atoms with Gasteiger partial charge in [0.05, 0.1) is 38.8 Å². The smallest absolute Gasteiger partial charge is 0.191 e. The Kier molecular flexibility index (Phi) is 10.9. The van der Waals surface area contributed by atoms with Crippen LogP contribution < -0.4 is 20.3 Å². The lowest BCUT2D eigenvalue weighted by molar-refractivity contribution is 0.126. The number of ether oxygens (including phenoxy) is 2. The van der Waals surface area contributed by atoms with Crippen LogP contribution in [-0.2, 0) is 18.4 Å².